The molecule has 116 valence electrons. The number of ether oxygens (including phenoxy) is 2. The van der Waals surface area contributed by atoms with Gasteiger partial charge in [0, 0.05) is 0 Å². The number of hydrogen-bond donors (Lipinski definition) is 1. The molecule has 0 saturated heterocycles. The minimum absolute atomic E-state index is 0.275. The van der Waals surface area contributed by atoms with E-state index < -0.39 is 11.9 Å². The van der Waals surface area contributed by atoms with Gasteiger partial charge in [-0.25, -0.2) is 4.79 Å². The van der Waals surface area contributed by atoms with Gasteiger partial charge in [-0.15, -0.1) is 0 Å². The number of carbonyl (C=O) groups is 2. The Morgan fingerprint density at radius 1 is 1.23 bits per heavy atom. The topological polar surface area (TPSA) is 77.8 Å². The molecule has 1 N–H and O–H groups in total. The Kier molecular flexibility index (Phi) is 5.19. The van der Waals surface area contributed by atoms with E-state index in [1.807, 2.05) is 0 Å². The first-order valence-electron chi connectivity index (χ1n) is 6.74. The molecule has 0 saturated carbocycles. The van der Waals surface area contributed by atoms with Gasteiger partial charge in [-0.05, 0) is 31.2 Å². The van der Waals surface area contributed by atoms with E-state index in [0.717, 1.165) is 0 Å². The molecule has 0 aliphatic rings. The third-order valence-corrected chi connectivity index (χ3v) is 3.01. The summed E-state index contributed by atoms with van der Waals surface area (Å²) in [5, 5.41) is 2.68. The van der Waals surface area contributed by atoms with Crippen LogP contribution in [0.2, 0.25) is 0 Å². The molecule has 0 bridgehead atoms. The van der Waals surface area contributed by atoms with Crippen LogP contribution in [0.5, 0.6) is 5.75 Å². The molecule has 6 heteroatoms. The lowest BCUT2D eigenvalue weighted by Crippen LogP contribution is -2.31. The maximum atomic E-state index is 11.9. The molecule has 0 unspecified atom stereocenters. The number of nitrogens with one attached hydrogen (secondary N) is 1. The maximum absolute atomic E-state index is 11.9. The molecule has 1 heterocycles. The number of para-hydroxylation sites is 1. The van der Waals surface area contributed by atoms with Crippen LogP contribution >= 0.6 is 0 Å². The molecule has 1 aromatic carbocycles. The van der Waals surface area contributed by atoms with Crippen LogP contribution in [-0.4, -0.2) is 25.6 Å². The predicted octanol–water partition coefficient (Wildman–Crippen LogP) is 2.32. The van der Waals surface area contributed by atoms with Crippen molar-refractivity contribution in [2.45, 2.75) is 13.0 Å². The lowest BCUT2D eigenvalue weighted by atomic mass is 10.2. The van der Waals surface area contributed by atoms with Crippen LogP contribution in [0.15, 0.2) is 47.1 Å². The number of rotatable bonds is 6. The molecular weight excluding hydrogens is 286 g/mol. The van der Waals surface area contributed by atoms with Crippen molar-refractivity contribution in [1.82, 2.24) is 5.32 Å². The Labute approximate surface area is 128 Å². The van der Waals surface area contributed by atoms with Gasteiger partial charge in [-0.1, -0.05) is 12.1 Å². The van der Waals surface area contributed by atoms with Gasteiger partial charge in [0.2, 0.25) is 0 Å². The van der Waals surface area contributed by atoms with Crippen LogP contribution in [0, 0.1) is 0 Å². The van der Waals surface area contributed by atoms with Gasteiger partial charge in [-0.2, -0.15) is 0 Å². The highest BCUT2D eigenvalue weighted by Gasteiger charge is 2.16. The molecule has 1 amide bonds. The van der Waals surface area contributed by atoms with Crippen LogP contribution in [0.25, 0.3) is 0 Å². The lowest BCUT2D eigenvalue weighted by Gasteiger charge is -2.12. The molecule has 2 rings (SSSR count). The van der Waals surface area contributed by atoms with E-state index in [2.05, 4.69) is 5.32 Å². The molecule has 22 heavy (non-hydrogen) atoms. The first kappa shape index (κ1) is 15.6. The predicted molar refractivity (Wildman–Crippen MR) is 78.5 cm³/mol. The van der Waals surface area contributed by atoms with Crippen LogP contribution in [0.1, 0.15) is 29.1 Å². The number of furan rings is 1. The van der Waals surface area contributed by atoms with E-state index in [9.17, 15) is 9.59 Å². The minimum atomic E-state index is -0.613. The summed E-state index contributed by atoms with van der Waals surface area (Å²) in [6, 6.07) is 9.85. The van der Waals surface area contributed by atoms with E-state index >= 15 is 0 Å². The van der Waals surface area contributed by atoms with E-state index in [4.69, 9.17) is 13.9 Å². The second-order valence-corrected chi connectivity index (χ2v) is 4.58. The van der Waals surface area contributed by atoms with Gasteiger partial charge in [0.1, 0.15) is 17.1 Å². The molecule has 0 fully saturated rings. The van der Waals surface area contributed by atoms with Crippen LogP contribution < -0.4 is 10.1 Å². The summed E-state index contributed by atoms with van der Waals surface area (Å²) in [6.45, 7) is 1.40. The third-order valence-electron chi connectivity index (χ3n) is 3.01. The molecule has 2 aromatic rings. The Hall–Kier alpha value is -2.76. The van der Waals surface area contributed by atoms with Crippen molar-refractivity contribution in [1.29, 1.82) is 0 Å². The highest BCUT2D eigenvalue weighted by Crippen LogP contribution is 2.18. The fourth-order valence-electron chi connectivity index (χ4n) is 1.91. The van der Waals surface area contributed by atoms with Crippen molar-refractivity contribution in [3.8, 4) is 5.75 Å². The SMILES string of the molecule is COc1ccccc1C(=O)OCC(=O)N[C@@H](C)c1ccco1. The molecular formula is C16H17NO5. The van der Waals surface area contributed by atoms with Crippen molar-refractivity contribution in [2.75, 3.05) is 13.7 Å². The Morgan fingerprint density at radius 3 is 2.68 bits per heavy atom. The number of benzene rings is 1. The molecule has 0 aliphatic heterocycles. The zero-order chi connectivity index (χ0) is 15.9. The highest BCUT2D eigenvalue weighted by atomic mass is 16.5. The summed E-state index contributed by atoms with van der Waals surface area (Å²) in [5.41, 5.74) is 0.275. The number of methoxy groups -OCH3 is 1. The average molecular weight is 303 g/mol. The summed E-state index contributed by atoms with van der Waals surface area (Å²) in [7, 11) is 1.46. The first-order chi connectivity index (χ1) is 10.6. The maximum Gasteiger partial charge on any atom is 0.342 e. The van der Waals surface area contributed by atoms with Crippen LogP contribution in [-0.2, 0) is 9.53 Å². The summed E-state index contributed by atoms with van der Waals surface area (Å²) < 4.78 is 15.2. The minimum Gasteiger partial charge on any atom is -0.496 e. The number of amides is 1. The first-order valence-corrected chi connectivity index (χ1v) is 6.74. The van der Waals surface area contributed by atoms with E-state index in [-0.39, 0.29) is 18.2 Å². The quantitative estimate of drug-likeness (QED) is 0.829. The van der Waals surface area contributed by atoms with Crippen molar-refractivity contribution >= 4 is 11.9 Å². The Bertz CT molecular complexity index is 636. The van der Waals surface area contributed by atoms with E-state index in [1.54, 1.807) is 43.3 Å². The summed E-state index contributed by atoms with van der Waals surface area (Å²) in [4.78, 5) is 23.7. The van der Waals surface area contributed by atoms with E-state index in [0.29, 0.717) is 11.5 Å². The van der Waals surface area contributed by atoms with Crippen molar-refractivity contribution < 1.29 is 23.5 Å². The van der Waals surface area contributed by atoms with Crippen molar-refractivity contribution in [2.24, 2.45) is 0 Å². The van der Waals surface area contributed by atoms with Gasteiger partial charge in [0.05, 0.1) is 19.4 Å². The van der Waals surface area contributed by atoms with Gasteiger partial charge < -0.3 is 19.2 Å². The smallest absolute Gasteiger partial charge is 0.342 e. The largest absolute Gasteiger partial charge is 0.496 e. The Balaban J connectivity index is 1.87. The standard InChI is InChI=1S/C16H17NO5/c1-11(13-8-5-9-21-13)17-15(18)10-22-16(19)12-6-3-4-7-14(12)20-2/h3-9,11H,10H2,1-2H3,(H,17,18)/t11-/m0/s1. The monoisotopic (exact) mass is 303 g/mol. The van der Waals surface area contributed by atoms with E-state index in [1.165, 1.54) is 13.4 Å². The van der Waals surface area contributed by atoms with Crippen LogP contribution in [0.3, 0.4) is 0 Å². The molecule has 0 spiro atoms. The summed E-state index contributed by atoms with van der Waals surface area (Å²) in [6.07, 6.45) is 1.53. The normalized spacial score (nSPS) is 11.5. The zero-order valence-electron chi connectivity index (χ0n) is 12.4. The average Bonchev–Trinajstić information content (AvgIpc) is 3.07. The van der Waals surface area contributed by atoms with Gasteiger partial charge >= 0.3 is 5.97 Å². The fourth-order valence-corrected chi connectivity index (χ4v) is 1.91. The van der Waals surface area contributed by atoms with Crippen LogP contribution in [0.4, 0.5) is 0 Å². The Morgan fingerprint density at radius 2 is 2.00 bits per heavy atom. The number of carbonyl (C=O) groups excluding carboxylic acids is 2. The molecule has 0 radical (unpaired) electrons. The van der Waals surface area contributed by atoms with Gasteiger partial charge in [-0.3, -0.25) is 4.79 Å². The number of esters is 1. The molecule has 0 aliphatic carbocycles. The summed E-state index contributed by atoms with van der Waals surface area (Å²) >= 11 is 0. The zero-order valence-corrected chi connectivity index (χ0v) is 12.4. The molecule has 1 atom stereocenters. The molecule has 1 aromatic heterocycles. The van der Waals surface area contributed by atoms with Crippen molar-refractivity contribution in [3.63, 3.8) is 0 Å². The third kappa shape index (κ3) is 3.88. The second-order valence-electron chi connectivity index (χ2n) is 4.58. The van der Waals surface area contributed by atoms with Crippen molar-refractivity contribution in [3.05, 3.63) is 54.0 Å². The second kappa shape index (κ2) is 7.31. The summed E-state index contributed by atoms with van der Waals surface area (Å²) in [5.74, 6) is 0.00617. The van der Waals surface area contributed by atoms with Gasteiger partial charge in [0.25, 0.3) is 5.91 Å². The van der Waals surface area contributed by atoms with Gasteiger partial charge in [0.15, 0.2) is 6.61 Å². The fraction of sp³-hybridized carbons (Fsp3) is 0.250. The molecule has 6 nitrogen and oxygen atoms in total. The lowest BCUT2D eigenvalue weighted by molar-refractivity contribution is -0.125. The number of hydrogen-bond acceptors (Lipinski definition) is 5. The highest BCUT2D eigenvalue weighted by molar-refractivity contribution is 5.94.